The van der Waals surface area contributed by atoms with Crippen LogP contribution in [0.3, 0.4) is 0 Å². The quantitative estimate of drug-likeness (QED) is 0.516. The minimum Gasteiger partial charge on any atom is -0.461 e. The summed E-state index contributed by atoms with van der Waals surface area (Å²) in [6.07, 6.45) is 0. The van der Waals surface area contributed by atoms with Crippen LogP contribution in [0.1, 0.15) is 20.8 Å². The minimum atomic E-state index is -1.71. The van der Waals surface area contributed by atoms with Crippen LogP contribution in [0.25, 0.3) is 0 Å². The third-order valence-corrected chi connectivity index (χ3v) is 8.39. The number of aromatic nitrogens is 3. The van der Waals surface area contributed by atoms with Gasteiger partial charge in [0.15, 0.2) is 8.32 Å². The molecule has 9 heteroatoms. The Labute approximate surface area is 142 Å². The van der Waals surface area contributed by atoms with Gasteiger partial charge in [-0.15, -0.1) is 0 Å². The van der Waals surface area contributed by atoms with E-state index in [1.54, 1.807) is 0 Å². The summed E-state index contributed by atoms with van der Waals surface area (Å²) in [5.74, 6) is 0. The van der Waals surface area contributed by atoms with Gasteiger partial charge < -0.3 is 13.9 Å². The molecule has 1 rings (SSSR count). The molecule has 0 saturated heterocycles. The van der Waals surface area contributed by atoms with Gasteiger partial charge in [0.05, 0.1) is 19.8 Å². The number of hydrogen-bond donors (Lipinski definition) is 0. The monoisotopic (exact) mass is 367 g/mol. The molecule has 0 aliphatic heterocycles. The summed E-state index contributed by atoms with van der Waals surface area (Å²) in [6.45, 7) is 12.9. The second-order valence-corrected chi connectivity index (χ2v) is 11.7. The number of halogens is 2. The zero-order valence-electron chi connectivity index (χ0n) is 13.7. The van der Waals surface area contributed by atoms with Crippen LogP contribution >= 0.6 is 23.2 Å². The molecular formula is C13H23Cl2N3O3Si. The topological polar surface area (TPSA) is 66.4 Å². The Morgan fingerprint density at radius 2 is 1.45 bits per heavy atom. The second kappa shape index (κ2) is 8.40. The molecule has 0 saturated carbocycles. The third kappa shape index (κ3) is 6.74. The van der Waals surface area contributed by atoms with Gasteiger partial charge in [0.1, 0.15) is 6.61 Å². The summed E-state index contributed by atoms with van der Waals surface area (Å²) >= 11 is 11.3. The third-order valence-electron chi connectivity index (χ3n) is 3.52. The Kier molecular flexibility index (Phi) is 7.47. The van der Waals surface area contributed by atoms with Crippen molar-refractivity contribution in [2.45, 2.75) is 38.9 Å². The zero-order valence-corrected chi connectivity index (χ0v) is 16.2. The van der Waals surface area contributed by atoms with Crippen molar-refractivity contribution in [1.29, 1.82) is 0 Å². The Morgan fingerprint density at radius 3 is 2.00 bits per heavy atom. The number of ether oxygens (including phenoxy) is 2. The molecule has 1 heterocycles. The van der Waals surface area contributed by atoms with Crippen LogP contribution in [0.2, 0.25) is 28.7 Å². The fraction of sp³-hybridized carbons (Fsp3) is 0.769. The van der Waals surface area contributed by atoms with Crippen LogP contribution in [0.4, 0.5) is 0 Å². The van der Waals surface area contributed by atoms with E-state index in [9.17, 15) is 0 Å². The van der Waals surface area contributed by atoms with Crippen LogP contribution in [0.5, 0.6) is 6.01 Å². The predicted octanol–water partition coefficient (Wildman–Crippen LogP) is 3.60. The van der Waals surface area contributed by atoms with Crippen molar-refractivity contribution < 1.29 is 13.9 Å². The Morgan fingerprint density at radius 1 is 0.909 bits per heavy atom. The average molecular weight is 368 g/mol. The average Bonchev–Trinajstić information content (AvgIpc) is 2.35. The molecule has 0 aromatic carbocycles. The SMILES string of the molecule is CC(C)(C)[Si](C)(C)OCCOCCOc1nc(Cl)nc(Cl)n1. The largest absolute Gasteiger partial charge is 0.461 e. The van der Waals surface area contributed by atoms with Crippen LogP contribution in [0.15, 0.2) is 0 Å². The molecule has 22 heavy (non-hydrogen) atoms. The predicted molar refractivity (Wildman–Crippen MR) is 89.3 cm³/mol. The molecule has 0 unspecified atom stereocenters. The highest BCUT2D eigenvalue weighted by Crippen LogP contribution is 2.36. The summed E-state index contributed by atoms with van der Waals surface area (Å²) in [6, 6.07) is 0.0890. The van der Waals surface area contributed by atoms with E-state index in [0.717, 1.165) is 0 Å². The fourth-order valence-corrected chi connectivity index (χ4v) is 2.61. The fourth-order valence-electron chi connectivity index (χ4n) is 1.24. The van der Waals surface area contributed by atoms with Crippen molar-refractivity contribution in [3.8, 4) is 6.01 Å². The first-order chi connectivity index (χ1) is 10.1. The normalized spacial score (nSPS) is 12.5. The molecule has 0 atom stereocenters. The van der Waals surface area contributed by atoms with E-state index in [1.807, 2.05) is 0 Å². The van der Waals surface area contributed by atoms with Gasteiger partial charge in [-0.25, -0.2) is 0 Å². The van der Waals surface area contributed by atoms with Crippen LogP contribution < -0.4 is 4.74 Å². The lowest BCUT2D eigenvalue weighted by molar-refractivity contribution is 0.0707. The van der Waals surface area contributed by atoms with E-state index in [2.05, 4.69) is 48.8 Å². The van der Waals surface area contributed by atoms with Gasteiger partial charge in [-0.3, -0.25) is 0 Å². The highest BCUT2D eigenvalue weighted by Gasteiger charge is 2.36. The Balaban J connectivity index is 2.16. The molecule has 6 nitrogen and oxygen atoms in total. The van der Waals surface area contributed by atoms with E-state index >= 15 is 0 Å². The van der Waals surface area contributed by atoms with Gasteiger partial charge in [0.2, 0.25) is 10.6 Å². The first kappa shape index (κ1) is 19.6. The summed E-state index contributed by atoms with van der Waals surface area (Å²) in [5, 5.41) is 0.199. The Hall–Kier alpha value is -0.473. The standard InChI is InChI=1S/C13H23Cl2N3O3Si/c1-13(2,3)22(4,5)21-9-7-19-6-8-20-12-17-10(14)16-11(15)18-12/h6-9H2,1-5H3. The van der Waals surface area contributed by atoms with Crippen molar-refractivity contribution in [2.75, 3.05) is 26.4 Å². The van der Waals surface area contributed by atoms with Gasteiger partial charge in [-0.1, -0.05) is 20.8 Å². The van der Waals surface area contributed by atoms with E-state index < -0.39 is 8.32 Å². The molecule has 126 valence electrons. The lowest BCUT2D eigenvalue weighted by Crippen LogP contribution is -2.41. The van der Waals surface area contributed by atoms with Crippen molar-refractivity contribution in [3.63, 3.8) is 0 Å². The molecule has 0 fully saturated rings. The van der Waals surface area contributed by atoms with Crippen molar-refractivity contribution >= 4 is 31.5 Å². The number of rotatable bonds is 8. The molecule has 0 aliphatic carbocycles. The van der Waals surface area contributed by atoms with Crippen molar-refractivity contribution in [1.82, 2.24) is 15.0 Å². The smallest absolute Gasteiger partial charge is 0.322 e. The molecule has 0 bridgehead atoms. The first-order valence-electron chi connectivity index (χ1n) is 7.03. The maximum Gasteiger partial charge on any atom is 0.322 e. The minimum absolute atomic E-state index is 0.00121. The molecule has 1 aromatic heterocycles. The molecule has 0 N–H and O–H groups in total. The van der Waals surface area contributed by atoms with E-state index in [0.29, 0.717) is 26.4 Å². The molecule has 0 aliphatic rings. The number of nitrogens with zero attached hydrogens (tertiary/aromatic N) is 3. The van der Waals surface area contributed by atoms with Crippen molar-refractivity contribution in [2.24, 2.45) is 0 Å². The van der Waals surface area contributed by atoms with Gasteiger partial charge in [-0.05, 0) is 41.3 Å². The molecule has 0 amide bonds. The van der Waals surface area contributed by atoms with E-state index in [1.165, 1.54) is 0 Å². The highest BCUT2D eigenvalue weighted by molar-refractivity contribution is 6.74. The summed E-state index contributed by atoms with van der Waals surface area (Å²) in [4.78, 5) is 11.2. The highest BCUT2D eigenvalue weighted by atomic mass is 35.5. The maximum absolute atomic E-state index is 6.00. The van der Waals surface area contributed by atoms with E-state index in [-0.39, 0.29) is 21.6 Å². The van der Waals surface area contributed by atoms with Gasteiger partial charge in [-0.2, -0.15) is 15.0 Å². The molecule has 1 aromatic rings. The molecule has 0 radical (unpaired) electrons. The molecular weight excluding hydrogens is 345 g/mol. The first-order valence-corrected chi connectivity index (χ1v) is 10.7. The van der Waals surface area contributed by atoms with Crippen LogP contribution in [-0.4, -0.2) is 49.7 Å². The summed E-state index contributed by atoms with van der Waals surface area (Å²) < 4.78 is 16.7. The molecule has 0 spiro atoms. The van der Waals surface area contributed by atoms with Gasteiger partial charge in [0, 0.05) is 0 Å². The second-order valence-electron chi connectivity index (χ2n) is 6.23. The van der Waals surface area contributed by atoms with E-state index in [4.69, 9.17) is 37.1 Å². The lowest BCUT2D eigenvalue weighted by Gasteiger charge is -2.36. The summed E-state index contributed by atoms with van der Waals surface area (Å²) in [7, 11) is -1.71. The zero-order chi connectivity index (χ0) is 16.8. The van der Waals surface area contributed by atoms with Crippen LogP contribution in [0, 0.1) is 0 Å². The Bertz CT molecular complexity index is 464. The van der Waals surface area contributed by atoms with Gasteiger partial charge >= 0.3 is 6.01 Å². The van der Waals surface area contributed by atoms with Crippen LogP contribution in [-0.2, 0) is 9.16 Å². The van der Waals surface area contributed by atoms with Crippen molar-refractivity contribution in [3.05, 3.63) is 10.6 Å². The maximum atomic E-state index is 6.00. The van der Waals surface area contributed by atoms with Gasteiger partial charge in [0.25, 0.3) is 0 Å². The lowest BCUT2D eigenvalue weighted by atomic mass is 10.2. The summed E-state index contributed by atoms with van der Waals surface area (Å²) in [5.41, 5.74) is 0. The number of hydrogen-bond acceptors (Lipinski definition) is 6.